The molecule has 7 heteroatoms. The maximum absolute atomic E-state index is 12.5. The summed E-state index contributed by atoms with van der Waals surface area (Å²) in [6, 6.07) is 7.20. The van der Waals surface area contributed by atoms with Gasteiger partial charge in [0, 0.05) is 54.9 Å². The van der Waals surface area contributed by atoms with Crippen LogP contribution in [0.1, 0.15) is 16.8 Å². The lowest BCUT2D eigenvalue weighted by Gasteiger charge is -2.22. The molecule has 1 fully saturated rings. The molecule has 0 aromatic heterocycles. The highest BCUT2D eigenvalue weighted by Gasteiger charge is 2.17. The van der Waals surface area contributed by atoms with Crippen molar-refractivity contribution in [2.45, 2.75) is 12.5 Å². The molecule has 1 aromatic carbocycles. The second kappa shape index (κ2) is 11.8. The molecule has 1 aromatic rings. The first-order chi connectivity index (χ1) is 12.1. The van der Waals surface area contributed by atoms with Gasteiger partial charge in [0.25, 0.3) is 5.91 Å². The number of amides is 2. The molecule has 2 amide bonds. The van der Waals surface area contributed by atoms with Gasteiger partial charge in [-0.3, -0.25) is 9.59 Å². The molecule has 1 aliphatic heterocycles. The van der Waals surface area contributed by atoms with E-state index in [4.69, 9.17) is 0 Å². The van der Waals surface area contributed by atoms with Gasteiger partial charge in [0.15, 0.2) is 0 Å². The second-order valence-corrected chi connectivity index (χ2v) is 6.99. The van der Waals surface area contributed by atoms with Crippen LogP contribution in [0.3, 0.4) is 0 Å². The minimum absolute atomic E-state index is 0. The number of thioether (sulfide) groups is 1. The molecular weight excluding hydrogens is 370 g/mol. The molecule has 26 heavy (non-hydrogen) atoms. The molecule has 0 saturated carbocycles. The summed E-state index contributed by atoms with van der Waals surface area (Å²) >= 11 is 1.87. The first-order valence-corrected chi connectivity index (χ1v) is 9.51. The topological polar surface area (TPSA) is 61.4 Å². The molecule has 1 heterocycles. The van der Waals surface area contributed by atoms with Crippen LogP contribution in [0.15, 0.2) is 49.6 Å². The zero-order chi connectivity index (χ0) is 18.1. The molecule has 2 N–H and O–H groups in total. The molecule has 0 bridgehead atoms. The number of carbonyl (C=O) groups excluding carboxylic acids is 2. The third kappa shape index (κ3) is 6.86. The van der Waals surface area contributed by atoms with Gasteiger partial charge in [-0.25, -0.2) is 0 Å². The van der Waals surface area contributed by atoms with E-state index in [1.807, 2.05) is 11.8 Å². The van der Waals surface area contributed by atoms with Crippen LogP contribution >= 0.6 is 24.2 Å². The van der Waals surface area contributed by atoms with Crippen LogP contribution in [0, 0.1) is 0 Å². The van der Waals surface area contributed by atoms with Crippen molar-refractivity contribution in [3.05, 3.63) is 55.1 Å². The lowest BCUT2D eigenvalue weighted by Crippen LogP contribution is -2.39. The fourth-order valence-corrected chi connectivity index (χ4v) is 3.57. The van der Waals surface area contributed by atoms with Crippen molar-refractivity contribution in [3.8, 4) is 0 Å². The van der Waals surface area contributed by atoms with Crippen LogP contribution in [0.25, 0.3) is 0 Å². The van der Waals surface area contributed by atoms with Gasteiger partial charge in [-0.2, -0.15) is 11.8 Å². The predicted molar refractivity (Wildman–Crippen MR) is 112 cm³/mol. The van der Waals surface area contributed by atoms with Crippen molar-refractivity contribution in [1.29, 1.82) is 0 Å². The monoisotopic (exact) mass is 395 g/mol. The fourth-order valence-electron chi connectivity index (χ4n) is 2.62. The van der Waals surface area contributed by atoms with Gasteiger partial charge in [-0.05, 0) is 24.3 Å². The van der Waals surface area contributed by atoms with E-state index in [2.05, 4.69) is 23.8 Å². The SMILES string of the molecule is C=CCN(CC=C)C(=O)c1ccc(NC(=O)CC2CSCCN2)cc1.Cl. The largest absolute Gasteiger partial charge is 0.331 e. The number of carbonyl (C=O) groups is 2. The lowest BCUT2D eigenvalue weighted by atomic mass is 10.1. The second-order valence-electron chi connectivity index (χ2n) is 5.84. The highest BCUT2D eigenvalue weighted by atomic mass is 35.5. The summed E-state index contributed by atoms with van der Waals surface area (Å²) in [5.41, 5.74) is 1.27. The van der Waals surface area contributed by atoms with Gasteiger partial charge >= 0.3 is 0 Å². The molecule has 5 nitrogen and oxygen atoms in total. The Labute approximate surface area is 165 Å². The van der Waals surface area contributed by atoms with E-state index in [-0.39, 0.29) is 30.3 Å². The van der Waals surface area contributed by atoms with Crippen molar-refractivity contribution in [2.75, 3.05) is 36.5 Å². The Balaban J connectivity index is 0.00000338. The summed E-state index contributed by atoms with van der Waals surface area (Å²) in [5.74, 6) is 1.96. The van der Waals surface area contributed by atoms with E-state index in [9.17, 15) is 9.59 Å². The fraction of sp³-hybridized carbons (Fsp3) is 0.368. The first-order valence-electron chi connectivity index (χ1n) is 8.36. The third-order valence-electron chi connectivity index (χ3n) is 3.83. The number of anilines is 1. The summed E-state index contributed by atoms with van der Waals surface area (Å²) in [5, 5.41) is 6.24. The van der Waals surface area contributed by atoms with Crippen molar-refractivity contribution >= 4 is 41.7 Å². The smallest absolute Gasteiger partial charge is 0.254 e. The Bertz CT molecular complexity index is 606. The standard InChI is InChI=1S/C19H25N3O2S.ClH/c1-3-10-22(11-4-2)19(24)15-5-7-16(8-6-15)21-18(23)13-17-14-25-12-9-20-17;/h3-8,17,20H,1-2,9-14H2,(H,21,23);1H. The Morgan fingerprint density at radius 3 is 2.42 bits per heavy atom. The predicted octanol–water partition coefficient (Wildman–Crippen LogP) is 2.96. The summed E-state index contributed by atoms with van der Waals surface area (Å²) < 4.78 is 0. The summed E-state index contributed by atoms with van der Waals surface area (Å²) in [6.45, 7) is 9.23. The van der Waals surface area contributed by atoms with Crippen molar-refractivity contribution in [3.63, 3.8) is 0 Å². The number of nitrogens with zero attached hydrogens (tertiary/aromatic N) is 1. The average Bonchev–Trinajstić information content (AvgIpc) is 2.62. The van der Waals surface area contributed by atoms with Crippen LogP contribution < -0.4 is 10.6 Å². The number of rotatable bonds is 8. The zero-order valence-corrected chi connectivity index (χ0v) is 16.4. The number of benzene rings is 1. The average molecular weight is 396 g/mol. The molecule has 0 aliphatic carbocycles. The highest BCUT2D eigenvalue weighted by Crippen LogP contribution is 2.14. The lowest BCUT2D eigenvalue weighted by molar-refractivity contribution is -0.116. The van der Waals surface area contributed by atoms with Crippen LogP contribution in [0.2, 0.25) is 0 Å². The van der Waals surface area contributed by atoms with Gasteiger partial charge in [0.1, 0.15) is 0 Å². The normalized spacial score (nSPS) is 16.1. The summed E-state index contributed by atoms with van der Waals surface area (Å²) in [4.78, 5) is 26.2. The Kier molecular flexibility index (Phi) is 10.1. The number of halogens is 1. The maximum atomic E-state index is 12.5. The summed E-state index contributed by atoms with van der Waals surface area (Å²) in [7, 11) is 0. The number of hydrogen-bond acceptors (Lipinski definition) is 4. The van der Waals surface area contributed by atoms with Gasteiger partial charge in [-0.15, -0.1) is 25.6 Å². The molecule has 1 aliphatic rings. The molecule has 142 valence electrons. The van der Waals surface area contributed by atoms with E-state index in [0.29, 0.717) is 30.8 Å². The maximum Gasteiger partial charge on any atom is 0.254 e. The summed E-state index contributed by atoms with van der Waals surface area (Å²) in [6.07, 6.45) is 3.83. The Hall–Kier alpha value is -1.76. The van der Waals surface area contributed by atoms with Gasteiger partial charge in [-0.1, -0.05) is 12.2 Å². The van der Waals surface area contributed by atoms with E-state index >= 15 is 0 Å². The Morgan fingerprint density at radius 2 is 1.88 bits per heavy atom. The van der Waals surface area contributed by atoms with Gasteiger partial charge < -0.3 is 15.5 Å². The number of nitrogens with one attached hydrogen (secondary N) is 2. The molecule has 0 radical (unpaired) electrons. The molecule has 2 rings (SSSR count). The molecule has 0 spiro atoms. The van der Waals surface area contributed by atoms with E-state index < -0.39 is 0 Å². The van der Waals surface area contributed by atoms with Crippen molar-refractivity contribution < 1.29 is 9.59 Å². The number of hydrogen-bond donors (Lipinski definition) is 2. The minimum atomic E-state index is -0.0823. The van der Waals surface area contributed by atoms with Crippen molar-refractivity contribution in [1.82, 2.24) is 10.2 Å². The van der Waals surface area contributed by atoms with E-state index in [0.717, 1.165) is 18.1 Å². The highest BCUT2D eigenvalue weighted by molar-refractivity contribution is 7.99. The zero-order valence-electron chi connectivity index (χ0n) is 14.8. The minimum Gasteiger partial charge on any atom is -0.331 e. The molecular formula is C19H26ClN3O2S. The van der Waals surface area contributed by atoms with E-state index in [1.54, 1.807) is 41.3 Å². The van der Waals surface area contributed by atoms with Crippen molar-refractivity contribution in [2.24, 2.45) is 0 Å². The first kappa shape index (κ1) is 22.3. The van der Waals surface area contributed by atoms with Crippen LogP contribution in [-0.4, -0.2) is 53.9 Å². The van der Waals surface area contributed by atoms with Crippen LogP contribution in [0.5, 0.6) is 0 Å². The molecule has 1 atom stereocenters. The quantitative estimate of drug-likeness (QED) is 0.664. The van der Waals surface area contributed by atoms with Crippen LogP contribution in [-0.2, 0) is 4.79 Å². The van der Waals surface area contributed by atoms with E-state index in [1.165, 1.54) is 0 Å². The Morgan fingerprint density at radius 1 is 1.23 bits per heavy atom. The van der Waals surface area contributed by atoms with Crippen LogP contribution in [0.4, 0.5) is 5.69 Å². The third-order valence-corrected chi connectivity index (χ3v) is 4.96. The molecule has 1 saturated heterocycles. The molecule has 1 unspecified atom stereocenters. The van der Waals surface area contributed by atoms with Gasteiger partial charge in [0.2, 0.25) is 5.91 Å². The van der Waals surface area contributed by atoms with Gasteiger partial charge in [0.05, 0.1) is 0 Å².